The summed E-state index contributed by atoms with van der Waals surface area (Å²) in [5.41, 5.74) is 1.97. The number of rotatable bonds is 8. The van der Waals surface area contributed by atoms with Crippen molar-refractivity contribution >= 4 is 17.8 Å². The van der Waals surface area contributed by atoms with Gasteiger partial charge < -0.3 is 20.6 Å². The summed E-state index contributed by atoms with van der Waals surface area (Å²) < 4.78 is 0. The number of aromatic nitrogens is 1. The van der Waals surface area contributed by atoms with Crippen LogP contribution in [0.15, 0.2) is 42.6 Å². The average Bonchev–Trinajstić information content (AvgIpc) is 2.67. The van der Waals surface area contributed by atoms with Crippen LogP contribution in [0.2, 0.25) is 0 Å². The minimum atomic E-state index is -0.970. The predicted octanol–water partition coefficient (Wildman–Crippen LogP) is 2.63. The first-order valence-electron chi connectivity index (χ1n) is 8.57. The van der Waals surface area contributed by atoms with E-state index in [0.29, 0.717) is 13.1 Å². The normalized spacial score (nSPS) is 10.2. The second-order valence-corrected chi connectivity index (χ2v) is 5.74. The van der Waals surface area contributed by atoms with Crippen molar-refractivity contribution in [1.29, 1.82) is 0 Å². The van der Waals surface area contributed by atoms with Crippen LogP contribution in [0.1, 0.15) is 35.3 Å². The van der Waals surface area contributed by atoms with Crippen LogP contribution in [-0.2, 0) is 13.1 Å². The number of hydrogen-bond donors (Lipinski definition) is 3. The first-order chi connectivity index (χ1) is 12.5. The molecule has 2 amide bonds. The highest BCUT2D eigenvalue weighted by molar-refractivity contribution is 5.87. The van der Waals surface area contributed by atoms with Gasteiger partial charge in [-0.3, -0.25) is 0 Å². The van der Waals surface area contributed by atoms with E-state index in [-0.39, 0.29) is 11.6 Å². The van der Waals surface area contributed by atoms with Crippen molar-refractivity contribution in [3.05, 3.63) is 59.3 Å². The SMILES string of the molecule is CCN(CC)c1ccc(CNC(=O)NCc2ccc(C(=O)O)cc2)cn1. The van der Waals surface area contributed by atoms with Crippen molar-refractivity contribution in [1.82, 2.24) is 15.6 Å². The van der Waals surface area contributed by atoms with Crippen LogP contribution in [0.3, 0.4) is 0 Å². The molecule has 0 aliphatic rings. The Morgan fingerprint density at radius 1 is 0.962 bits per heavy atom. The molecule has 0 aliphatic carbocycles. The van der Waals surface area contributed by atoms with E-state index in [1.165, 1.54) is 12.1 Å². The molecule has 0 atom stereocenters. The summed E-state index contributed by atoms with van der Waals surface area (Å²) in [4.78, 5) is 29.3. The fourth-order valence-electron chi connectivity index (χ4n) is 2.45. The van der Waals surface area contributed by atoms with Crippen molar-refractivity contribution in [2.45, 2.75) is 26.9 Å². The highest BCUT2D eigenvalue weighted by atomic mass is 16.4. The number of nitrogens with one attached hydrogen (secondary N) is 2. The Hall–Kier alpha value is -3.09. The minimum absolute atomic E-state index is 0.221. The number of carboxylic acid groups (broad SMARTS) is 1. The standard InChI is InChI=1S/C19H24N4O3/c1-3-23(4-2)17-10-7-15(12-20-17)13-22-19(26)21-11-14-5-8-16(9-6-14)18(24)25/h5-10,12H,3-4,11,13H2,1-2H3,(H,24,25)(H2,21,22,26). The molecule has 0 unspecified atom stereocenters. The molecule has 0 fully saturated rings. The molecule has 2 rings (SSSR count). The number of nitrogens with zero attached hydrogens (tertiary/aromatic N) is 2. The number of benzene rings is 1. The Balaban J connectivity index is 1.78. The molecule has 2 aromatic rings. The Kier molecular flexibility index (Phi) is 6.96. The summed E-state index contributed by atoms with van der Waals surface area (Å²) in [6.07, 6.45) is 1.76. The summed E-state index contributed by atoms with van der Waals surface area (Å²) >= 11 is 0. The number of carbonyl (C=O) groups excluding carboxylic acids is 1. The molecule has 26 heavy (non-hydrogen) atoms. The van der Waals surface area contributed by atoms with Crippen LogP contribution in [0.5, 0.6) is 0 Å². The Morgan fingerprint density at radius 2 is 1.54 bits per heavy atom. The number of amides is 2. The summed E-state index contributed by atoms with van der Waals surface area (Å²) in [6, 6.07) is 10.00. The Bertz CT molecular complexity index is 725. The van der Waals surface area contributed by atoms with Crippen molar-refractivity contribution in [3.63, 3.8) is 0 Å². The van der Waals surface area contributed by atoms with Crippen LogP contribution in [0, 0.1) is 0 Å². The molecule has 0 bridgehead atoms. The molecule has 138 valence electrons. The molecule has 7 nitrogen and oxygen atoms in total. The zero-order chi connectivity index (χ0) is 18.9. The highest BCUT2D eigenvalue weighted by Gasteiger charge is 2.05. The van der Waals surface area contributed by atoms with E-state index in [2.05, 4.69) is 34.4 Å². The molecule has 1 heterocycles. The zero-order valence-electron chi connectivity index (χ0n) is 15.0. The van der Waals surface area contributed by atoms with Gasteiger partial charge in [-0.1, -0.05) is 18.2 Å². The lowest BCUT2D eigenvalue weighted by atomic mass is 10.1. The maximum Gasteiger partial charge on any atom is 0.335 e. The molecule has 0 saturated heterocycles. The summed E-state index contributed by atoms with van der Waals surface area (Å²) in [5, 5.41) is 14.4. The molecule has 1 aromatic heterocycles. The third-order valence-corrected chi connectivity index (χ3v) is 4.00. The summed E-state index contributed by atoms with van der Waals surface area (Å²) in [5.74, 6) is -0.0455. The molecule has 3 N–H and O–H groups in total. The molecular weight excluding hydrogens is 332 g/mol. The van der Waals surface area contributed by atoms with Gasteiger partial charge in [0.2, 0.25) is 0 Å². The van der Waals surface area contributed by atoms with Crippen LogP contribution < -0.4 is 15.5 Å². The van der Waals surface area contributed by atoms with Gasteiger partial charge in [0, 0.05) is 32.4 Å². The van der Waals surface area contributed by atoms with E-state index in [4.69, 9.17) is 5.11 Å². The quantitative estimate of drug-likeness (QED) is 0.676. The van der Waals surface area contributed by atoms with Crippen molar-refractivity contribution in [3.8, 4) is 0 Å². The zero-order valence-corrected chi connectivity index (χ0v) is 15.0. The van der Waals surface area contributed by atoms with Gasteiger partial charge in [-0.05, 0) is 43.2 Å². The van der Waals surface area contributed by atoms with Gasteiger partial charge in [0.05, 0.1) is 5.56 Å². The maximum absolute atomic E-state index is 11.9. The monoisotopic (exact) mass is 356 g/mol. The first kappa shape index (κ1) is 19.2. The molecule has 1 aromatic carbocycles. The maximum atomic E-state index is 11.9. The highest BCUT2D eigenvalue weighted by Crippen LogP contribution is 2.10. The van der Waals surface area contributed by atoms with Crippen molar-refractivity contribution < 1.29 is 14.7 Å². The second-order valence-electron chi connectivity index (χ2n) is 5.74. The van der Waals surface area contributed by atoms with Gasteiger partial charge in [0.25, 0.3) is 0 Å². The lowest BCUT2D eigenvalue weighted by Crippen LogP contribution is -2.34. The lowest BCUT2D eigenvalue weighted by molar-refractivity contribution is 0.0697. The van der Waals surface area contributed by atoms with Crippen molar-refractivity contribution in [2.24, 2.45) is 0 Å². The van der Waals surface area contributed by atoms with Gasteiger partial charge in [0.1, 0.15) is 5.82 Å². The number of carbonyl (C=O) groups is 2. The summed E-state index contributed by atoms with van der Waals surface area (Å²) in [7, 11) is 0. The number of anilines is 1. The molecule has 7 heteroatoms. The molecule has 0 radical (unpaired) electrons. The van der Waals surface area contributed by atoms with E-state index in [1.54, 1.807) is 18.3 Å². The average molecular weight is 356 g/mol. The van der Waals surface area contributed by atoms with Gasteiger partial charge in [-0.2, -0.15) is 0 Å². The van der Waals surface area contributed by atoms with Gasteiger partial charge in [-0.25, -0.2) is 14.6 Å². The first-order valence-corrected chi connectivity index (χ1v) is 8.57. The fraction of sp³-hybridized carbons (Fsp3) is 0.316. The molecule has 0 aliphatic heterocycles. The lowest BCUT2D eigenvalue weighted by Gasteiger charge is -2.19. The topological polar surface area (TPSA) is 94.6 Å². The Morgan fingerprint density at radius 3 is 2.04 bits per heavy atom. The van der Waals surface area contributed by atoms with Gasteiger partial charge in [0.15, 0.2) is 0 Å². The van der Waals surface area contributed by atoms with E-state index >= 15 is 0 Å². The van der Waals surface area contributed by atoms with E-state index < -0.39 is 5.97 Å². The predicted molar refractivity (Wildman–Crippen MR) is 100 cm³/mol. The second kappa shape index (κ2) is 9.41. The van der Waals surface area contributed by atoms with E-state index in [9.17, 15) is 9.59 Å². The van der Waals surface area contributed by atoms with Gasteiger partial charge >= 0.3 is 12.0 Å². The smallest absolute Gasteiger partial charge is 0.335 e. The third-order valence-electron chi connectivity index (χ3n) is 4.00. The number of pyridine rings is 1. The Labute approximate surface area is 153 Å². The van der Waals surface area contributed by atoms with Crippen LogP contribution in [0.4, 0.5) is 10.6 Å². The number of hydrogen-bond acceptors (Lipinski definition) is 4. The van der Waals surface area contributed by atoms with E-state index in [1.807, 2.05) is 12.1 Å². The molecular formula is C19H24N4O3. The van der Waals surface area contributed by atoms with Crippen LogP contribution in [0.25, 0.3) is 0 Å². The largest absolute Gasteiger partial charge is 0.478 e. The van der Waals surface area contributed by atoms with Gasteiger partial charge in [-0.15, -0.1) is 0 Å². The minimum Gasteiger partial charge on any atom is -0.478 e. The fourth-order valence-corrected chi connectivity index (χ4v) is 2.45. The van der Waals surface area contributed by atoms with Crippen LogP contribution >= 0.6 is 0 Å². The number of urea groups is 1. The third kappa shape index (κ3) is 5.47. The van der Waals surface area contributed by atoms with E-state index in [0.717, 1.165) is 30.0 Å². The summed E-state index contributed by atoms with van der Waals surface area (Å²) in [6.45, 7) is 6.68. The van der Waals surface area contributed by atoms with Crippen LogP contribution in [-0.4, -0.2) is 35.2 Å². The number of aromatic carboxylic acids is 1. The molecule has 0 spiro atoms. The number of carboxylic acids is 1. The molecule has 0 saturated carbocycles. The van der Waals surface area contributed by atoms with Crippen molar-refractivity contribution in [2.75, 3.05) is 18.0 Å².